The van der Waals surface area contributed by atoms with Gasteiger partial charge in [-0.3, -0.25) is 9.59 Å². The Balaban J connectivity index is 1.74. The Labute approximate surface area is 131 Å². The molecule has 0 saturated carbocycles. The summed E-state index contributed by atoms with van der Waals surface area (Å²) in [5.41, 5.74) is 0.825. The van der Waals surface area contributed by atoms with E-state index in [1.807, 2.05) is 37.3 Å². The van der Waals surface area contributed by atoms with Crippen molar-refractivity contribution >= 4 is 17.6 Å². The lowest BCUT2D eigenvalue weighted by Gasteiger charge is -2.28. The molecule has 1 amide bonds. The molecule has 0 aromatic heterocycles. The maximum absolute atomic E-state index is 12.0. The van der Waals surface area contributed by atoms with Crippen molar-refractivity contribution in [3.63, 3.8) is 0 Å². The van der Waals surface area contributed by atoms with Gasteiger partial charge in [0.2, 0.25) is 5.91 Å². The number of benzene rings is 1. The number of quaternary nitrogens is 1. The molecule has 0 aliphatic carbocycles. The minimum atomic E-state index is -0.0894. The number of para-hydroxylation sites is 1. The lowest BCUT2D eigenvalue weighted by atomic mass is 9.98. The minimum Gasteiger partial charge on any atom is -0.466 e. The number of likely N-dealkylation sites (tertiary alicyclic amines) is 1. The molecule has 5 nitrogen and oxygen atoms in total. The molecule has 1 aliphatic rings. The van der Waals surface area contributed by atoms with Crippen LogP contribution in [0, 0.1) is 5.92 Å². The van der Waals surface area contributed by atoms with Crippen LogP contribution in [0.4, 0.5) is 5.69 Å². The predicted molar refractivity (Wildman–Crippen MR) is 84.6 cm³/mol. The van der Waals surface area contributed by atoms with Crippen LogP contribution in [-0.4, -0.2) is 38.1 Å². The van der Waals surface area contributed by atoms with Crippen molar-refractivity contribution in [2.75, 3.05) is 31.6 Å². The van der Waals surface area contributed by atoms with Crippen LogP contribution in [-0.2, 0) is 14.3 Å². The van der Waals surface area contributed by atoms with E-state index >= 15 is 0 Å². The third-order valence-corrected chi connectivity index (χ3v) is 4.00. The van der Waals surface area contributed by atoms with Gasteiger partial charge in [-0.1, -0.05) is 18.2 Å². The quantitative estimate of drug-likeness (QED) is 0.767. The molecule has 1 aliphatic heterocycles. The highest BCUT2D eigenvalue weighted by Crippen LogP contribution is 2.09. The second-order valence-corrected chi connectivity index (χ2v) is 5.71. The number of carbonyl (C=O) groups excluding carboxylic acids is 2. The van der Waals surface area contributed by atoms with Crippen LogP contribution in [0.15, 0.2) is 30.3 Å². The molecule has 5 heteroatoms. The summed E-state index contributed by atoms with van der Waals surface area (Å²) in [6, 6.07) is 9.47. The van der Waals surface area contributed by atoms with Crippen LogP contribution in [0.2, 0.25) is 0 Å². The molecule has 1 heterocycles. The smallest absolute Gasteiger partial charge is 0.314 e. The summed E-state index contributed by atoms with van der Waals surface area (Å²) in [5, 5.41) is 2.89. The van der Waals surface area contributed by atoms with Gasteiger partial charge < -0.3 is 15.0 Å². The number of hydrogen-bond acceptors (Lipinski definition) is 3. The third-order valence-electron chi connectivity index (χ3n) is 4.00. The topological polar surface area (TPSA) is 59.8 Å². The van der Waals surface area contributed by atoms with E-state index in [-0.39, 0.29) is 17.8 Å². The number of nitrogens with one attached hydrogen (secondary N) is 2. The normalized spacial score (nSPS) is 21.1. The van der Waals surface area contributed by atoms with E-state index in [1.54, 1.807) is 0 Å². The summed E-state index contributed by atoms with van der Waals surface area (Å²) in [5.74, 6) is -0.0775. The third kappa shape index (κ3) is 5.15. The highest BCUT2D eigenvalue weighted by Gasteiger charge is 2.29. The van der Waals surface area contributed by atoms with E-state index in [0.717, 1.165) is 38.2 Å². The second-order valence-electron chi connectivity index (χ2n) is 5.71. The van der Waals surface area contributed by atoms with Crippen molar-refractivity contribution in [1.82, 2.24) is 0 Å². The first kappa shape index (κ1) is 16.5. The highest BCUT2D eigenvalue weighted by atomic mass is 16.5. The number of amides is 1. The Morgan fingerprint density at radius 2 is 2.09 bits per heavy atom. The maximum Gasteiger partial charge on any atom is 0.314 e. The van der Waals surface area contributed by atoms with E-state index in [1.165, 1.54) is 4.90 Å². The van der Waals surface area contributed by atoms with Crippen LogP contribution in [0.1, 0.15) is 26.2 Å². The largest absolute Gasteiger partial charge is 0.466 e. The summed E-state index contributed by atoms with van der Waals surface area (Å²) in [6.07, 6.45) is 2.39. The number of anilines is 1. The number of hydrogen-bond donors (Lipinski definition) is 2. The van der Waals surface area contributed by atoms with E-state index in [4.69, 9.17) is 4.74 Å². The Morgan fingerprint density at radius 1 is 1.32 bits per heavy atom. The summed E-state index contributed by atoms with van der Waals surface area (Å²) in [7, 11) is 0. The van der Waals surface area contributed by atoms with Crippen molar-refractivity contribution in [2.24, 2.45) is 5.92 Å². The minimum absolute atomic E-state index is 0.0131. The molecule has 0 spiro atoms. The van der Waals surface area contributed by atoms with Crippen LogP contribution >= 0.6 is 0 Å². The average Bonchev–Trinajstić information content (AvgIpc) is 2.54. The molecule has 2 atom stereocenters. The Morgan fingerprint density at radius 3 is 2.82 bits per heavy atom. The first-order valence-corrected chi connectivity index (χ1v) is 8.04. The SMILES string of the molecule is CCOC(=O)C1CCC[NH+](CCC(=O)Nc2ccccc2)C1. The molecule has 0 radical (unpaired) electrons. The van der Waals surface area contributed by atoms with Gasteiger partial charge in [-0.2, -0.15) is 0 Å². The van der Waals surface area contributed by atoms with Crippen molar-refractivity contribution in [3.8, 4) is 0 Å². The summed E-state index contributed by atoms with van der Waals surface area (Å²) < 4.78 is 5.10. The summed E-state index contributed by atoms with van der Waals surface area (Å²) >= 11 is 0. The average molecular weight is 305 g/mol. The van der Waals surface area contributed by atoms with Gasteiger partial charge in [-0.25, -0.2) is 0 Å². The van der Waals surface area contributed by atoms with E-state index < -0.39 is 0 Å². The number of piperidine rings is 1. The summed E-state index contributed by atoms with van der Waals surface area (Å²) in [6.45, 7) is 4.82. The van der Waals surface area contributed by atoms with Gasteiger partial charge in [-0.15, -0.1) is 0 Å². The van der Waals surface area contributed by atoms with Gasteiger partial charge in [-0.05, 0) is 31.9 Å². The van der Waals surface area contributed by atoms with Gasteiger partial charge in [0.05, 0.1) is 32.7 Å². The predicted octanol–water partition coefficient (Wildman–Crippen LogP) is 0.873. The molecular weight excluding hydrogens is 280 g/mol. The van der Waals surface area contributed by atoms with E-state index in [0.29, 0.717) is 13.0 Å². The monoisotopic (exact) mass is 305 g/mol. The maximum atomic E-state index is 12.0. The van der Waals surface area contributed by atoms with Gasteiger partial charge >= 0.3 is 5.97 Å². The number of ether oxygens (including phenoxy) is 1. The second kappa shape index (κ2) is 8.54. The lowest BCUT2D eigenvalue weighted by Crippen LogP contribution is -3.13. The molecule has 1 saturated heterocycles. The van der Waals surface area contributed by atoms with Gasteiger partial charge in [0.15, 0.2) is 0 Å². The van der Waals surface area contributed by atoms with E-state index in [9.17, 15) is 9.59 Å². The zero-order chi connectivity index (χ0) is 15.8. The number of esters is 1. The molecule has 2 N–H and O–H groups in total. The van der Waals surface area contributed by atoms with Gasteiger partial charge in [0.1, 0.15) is 5.92 Å². The van der Waals surface area contributed by atoms with Crippen LogP contribution in [0.5, 0.6) is 0 Å². The Bertz CT molecular complexity index is 490. The van der Waals surface area contributed by atoms with Crippen molar-refractivity contribution in [3.05, 3.63) is 30.3 Å². The molecule has 2 unspecified atom stereocenters. The standard InChI is InChI=1S/C17H24N2O3/c1-2-22-17(21)14-7-6-11-19(13-14)12-10-16(20)18-15-8-4-3-5-9-15/h3-5,8-9,14H,2,6-7,10-13H2,1H3,(H,18,20)/p+1. The van der Waals surface area contributed by atoms with E-state index in [2.05, 4.69) is 5.32 Å². The zero-order valence-electron chi connectivity index (χ0n) is 13.1. The Kier molecular flexibility index (Phi) is 6.40. The highest BCUT2D eigenvalue weighted by molar-refractivity contribution is 5.90. The first-order chi connectivity index (χ1) is 10.7. The van der Waals surface area contributed by atoms with Crippen LogP contribution in [0.25, 0.3) is 0 Å². The van der Waals surface area contributed by atoms with Crippen molar-refractivity contribution in [2.45, 2.75) is 26.2 Å². The fourth-order valence-electron chi connectivity index (χ4n) is 2.87. The number of carbonyl (C=O) groups is 2. The fourth-order valence-corrected chi connectivity index (χ4v) is 2.87. The van der Waals surface area contributed by atoms with Gasteiger partial charge in [0.25, 0.3) is 0 Å². The zero-order valence-corrected chi connectivity index (χ0v) is 13.1. The molecule has 1 aromatic rings. The molecule has 22 heavy (non-hydrogen) atoms. The number of rotatable bonds is 6. The van der Waals surface area contributed by atoms with Crippen LogP contribution < -0.4 is 10.2 Å². The van der Waals surface area contributed by atoms with Crippen molar-refractivity contribution < 1.29 is 19.2 Å². The summed E-state index contributed by atoms with van der Waals surface area (Å²) in [4.78, 5) is 25.1. The lowest BCUT2D eigenvalue weighted by molar-refractivity contribution is -0.906. The Hall–Kier alpha value is -1.88. The first-order valence-electron chi connectivity index (χ1n) is 8.04. The van der Waals surface area contributed by atoms with Crippen LogP contribution in [0.3, 0.4) is 0 Å². The molecule has 0 bridgehead atoms. The molecule has 2 rings (SSSR count). The molecule has 120 valence electrons. The molecule has 1 fully saturated rings. The molecule has 1 aromatic carbocycles. The fraction of sp³-hybridized carbons (Fsp3) is 0.529. The molecular formula is C17H25N2O3+. The van der Waals surface area contributed by atoms with Crippen molar-refractivity contribution in [1.29, 1.82) is 0 Å². The van der Waals surface area contributed by atoms with Gasteiger partial charge in [0, 0.05) is 5.69 Å².